The van der Waals surface area contributed by atoms with Gasteiger partial charge in [-0.05, 0) is 50.2 Å². The molecule has 1 spiro atoms. The summed E-state index contributed by atoms with van der Waals surface area (Å²) in [5.41, 5.74) is 2.07. The lowest BCUT2D eigenvalue weighted by molar-refractivity contribution is 0.101. The summed E-state index contributed by atoms with van der Waals surface area (Å²) < 4.78 is 0. The molecule has 108 valence electrons. The van der Waals surface area contributed by atoms with Crippen LogP contribution >= 0.6 is 0 Å². The molecule has 2 fully saturated rings. The average molecular weight is 273 g/mol. The lowest BCUT2D eigenvalue weighted by Crippen LogP contribution is -2.38. The molecule has 2 aliphatic rings. The third kappa shape index (κ3) is 2.41. The Hall–Kier alpha value is -1.51. The summed E-state index contributed by atoms with van der Waals surface area (Å²) in [6, 6.07) is 5.44. The molecular formula is C17H23NO2. The molecule has 1 saturated heterocycles. The maximum Gasteiger partial charge on any atom is 0.163 e. The quantitative estimate of drug-likeness (QED) is 0.834. The highest BCUT2D eigenvalue weighted by Crippen LogP contribution is 2.46. The number of carbonyl (C=O) groups is 1. The molecular weight excluding hydrogens is 250 g/mol. The minimum Gasteiger partial charge on any atom is -0.507 e. The number of Topliss-reactive ketones (excluding diaryl/α,β-unsaturated/α-hetero) is 1. The van der Waals surface area contributed by atoms with E-state index in [0.29, 0.717) is 11.0 Å². The van der Waals surface area contributed by atoms with E-state index < -0.39 is 0 Å². The predicted octanol–water partition coefficient (Wildman–Crippen LogP) is 3.76. The number of aromatic hydroxyl groups is 1. The fourth-order valence-electron chi connectivity index (χ4n) is 3.88. The summed E-state index contributed by atoms with van der Waals surface area (Å²) in [5, 5.41) is 9.95. The van der Waals surface area contributed by atoms with Gasteiger partial charge in [0, 0.05) is 24.8 Å². The Bertz CT molecular complexity index is 508. The molecule has 3 rings (SSSR count). The minimum atomic E-state index is -0.0856. The second-order valence-electron chi connectivity index (χ2n) is 6.45. The Kier molecular flexibility index (Phi) is 3.45. The normalized spacial score (nSPS) is 21.4. The van der Waals surface area contributed by atoms with Crippen molar-refractivity contribution in [2.45, 2.75) is 45.4 Å². The topological polar surface area (TPSA) is 40.5 Å². The number of hydrogen-bond acceptors (Lipinski definition) is 3. The lowest BCUT2D eigenvalue weighted by atomic mass is 9.77. The number of anilines is 1. The van der Waals surface area contributed by atoms with Gasteiger partial charge in [0.15, 0.2) is 5.78 Å². The molecule has 0 unspecified atom stereocenters. The lowest BCUT2D eigenvalue weighted by Gasteiger charge is -2.40. The van der Waals surface area contributed by atoms with Crippen molar-refractivity contribution in [3.8, 4) is 5.75 Å². The van der Waals surface area contributed by atoms with E-state index in [-0.39, 0.29) is 11.5 Å². The zero-order valence-corrected chi connectivity index (χ0v) is 12.2. The first-order valence-electron chi connectivity index (χ1n) is 7.69. The third-order valence-electron chi connectivity index (χ3n) is 5.21. The van der Waals surface area contributed by atoms with Crippen LogP contribution in [0.2, 0.25) is 0 Å². The van der Waals surface area contributed by atoms with Gasteiger partial charge in [0.25, 0.3) is 0 Å². The molecule has 1 aliphatic heterocycles. The molecule has 3 heteroatoms. The molecule has 0 atom stereocenters. The van der Waals surface area contributed by atoms with Gasteiger partial charge < -0.3 is 10.0 Å². The van der Waals surface area contributed by atoms with Crippen LogP contribution in [0.4, 0.5) is 5.69 Å². The smallest absolute Gasteiger partial charge is 0.163 e. The summed E-state index contributed by atoms with van der Waals surface area (Å²) in [6.45, 7) is 3.62. The Morgan fingerprint density at radius 1 is 1.15 bits per heavy atom. The summed E-state index contributed by atoms with van der Waals surface area (Å²) in [7, 11) is 0. The molecule has 1 aromatic carbocycles. The maximum atomic E-state index is 11.3. The van der Waals surface area contributed by atoms with Gasteiger partial charge in [0.05, 0.1) is 5.56 Å². The van der Waals surface area contributed by atoms with Crippen LogP contribution in [0, 0.1) is 5.41 Å². The van der Waals surface area contributed by atoms with Crippen molar-refractivity contribution in [1.82, 2.24) is 0 Å². The highest BCUT2D eigenvalue weighted by molar-refractivity contribution is 5.97. The molecule has 1 saturated carbocycles. The van der Waals surface area contributed by atoms with E-state index in [1.54, 1.807) is 12.1 Å². The van der Waals surface area contributed by atoms with Crippen molar-refractivity contribution >= 4 is 11.5 Å². The van der Waals surface area contributed by atoms with Crippen molar-refractivity contribution in [2.24, 2.45) is 5.41 Å². The highest BCUT2D eigenvalue weighted by atomic mass is 16.3. The van der Waals surface area contributed by atoms with Crippen molar-refractivity contribution in [3.05, 3.63) is 23.8 Å². The van der Waals surface area contributed by atoms with Crippen molar-refractivity contribution < 1.29 is 9.90 Å². The number of carbonyl (C=O) groups excluding carboxylic acids is 1. The number of rotatable bonds is 2. The van der Waals surface area contributed by atoms with Gasteiger partial charge in [-0.15, -0.1) is 0 Å². The standard InChI is InChI=1S/C17H23NO2/c1-13(19)15-5-4-14(12-16(15)20)18-10-8-17(9-11-18)6-2-3-7-17/h4-5,12,20H,2-3,6-11H2,1H3. The van der Waals surface area contributed by atoms with Crippen LogP contribution in [-0.4, -0.2) is 24.0 Å². The number of phenolic OH excluding ortho intramolecular Hbond substituents is 1. The first-order valence-corrected chi connectivity index (χ1v) is 7.69. The largest absolute Gasteiger partial charge is 0.507 e. The van der Waals surface area contributed by atoms with Crippen LogP contribution in [0.15, 0.2) is 18.2 Å². The van der Waals surface area contributed by atoms with Gasteiger partial charge in [-0.3, -0.25) is 4.79 Å². The molecule has 1 heterocycles. The number of phenols is 1. The Labute approximate surface area is 120 Å². The second-order valence-corrected chi connectivity index (χ2v) is 6.45. The fourth-order valence-corrected chi connectivity index (χ4v) is 3.88. The Morgan fingerprint density at radius 2 is 1.80 bits per heavy atom. The predicted molar refractivity (Wildman–Crippen MR) is 80.5 cm³/mol. The zero-order valence-electron chi connectivity index (χ0n) is 12.2. The Balaban J connectivity index is 1.72. The van der Waals surface area contributed by atoms with E-state index in [4.69, 9.17) is 0 Å². The van der Waals surface area contributed by atoms with Gasteiger partial charge >= 0.3 is 0 Å². The van der Waals surface area contributed by atoms with Gasteiger partial charge in [-0.2, -0.15) is 0 Å². The first-order chi connectivity index (χ1) is 9.60. The van der Waals surface area contributed by atoms with E-state index in [1.807, 2.05) is 6.07 Å². The summed E-state index contributed by atoms with van der Waals surface area (Å²) in [6.07, 6.45) is 8.12. The monoisotopic (exact) mass is 273 g/mol. The SMILES string of the molecule is CC(=O)c1ccc(N2CCC3(CCCC3)CC2)cc1O. The zero-order chi connectivity index (χ0) is 14.2. The number of benzene rings is 1. The van der Waals surface area contributed by atoms with Crippen LogP contribution < -0.4 is 4.90 Å². The van der Waals surface area contributed by atoms with Crippen molar-refractivity contribution in [1.29, 1.82) is 0 Å². The van der Waals surface area contributed by atoms with Crippen LogP contribution in [0.5, 0.6) is 5.75 Å². The fraction of sp³-hybridized carbons (Fsp3) is 0.588. The summed E-state index contributed by atoms with van der Waals surface area (Å²) >= 11 is 0. The number of ketones is 1. The van der Waals surface area contributed by atoms with Gasteiger partial charge in [-0.25, -0.2) is 0 Å². The van der Waals surface area contributed by atoms with E-state index >= 15 is 0 Å². The highest BCUT2D eigenvalue weighted by Gasteiger charge is 2.36. The first kappa shape index (κ1) is 13.5. The molecule has 3 nitrogen and oxygen atoms in total. The molecule has 20 heavy (non-hydrogen) atoms. The van der Waals surface area contributed by atoms with Crippen LogP contribution in [0.1, 0.15) is 55.8 Å². The molecule has 1 aromatic rings. The van der Waals surface area contributed by atoms with Gasteiger partial charge in [0.2, 0.25) is 0 Å². The molecule has 0 aromatic heterocycles. The molecule has 1 N–H and O–H groups in total. The van der Waals surface area contributed by atoms with Crippen molar-refractivity contribution in [3.63, 3.8) is 0 Å². The van der Waals surface area contributed by atoms with E-state index in [2.05, 4.69) is 4.90 Å². The van der Waals surface area contributed by atoms with Crippen LogP contribution in [0.3, 0.4) is 0 Å². The van der Waals surface area contributed by atoms with Crippen LogP contribution in [-0.2, 0) is 0 Å². The van der Waals surface area contributed by atoms with E-state index in [0.717, 1.165) is 18.8 Å². The van der Waals surface area contributed by atoms with E-state index in [1.165, 1.54) is 45.4 Å². The number of nitrogens with zero attached hydrogens (tertiary/aromatic N) is 1. The third-order valence-corrected chi connectivity index (χ3v) is 5.21. The molecule has 1 aliphatic carbocycles. The number of hydrogen-bond donors (Lipinski definition) is 1. The van der Waals surface area contributed by atoms with E-state index in [9.17, 15) is 9.90 Å². The molecule has 0 amide bonds. The summed E-state index contributed by atoms with van der Waals surface area (Å²) in [5.74, 6) is 0.0220. The average Bonchev–Trinajstić information content (AvgIpc) is 2.87. The molecule has 0 radical (unpaired) electrons. The number of piperidine rings is 1. The second kappa shape index (κ2) is 5.12. The Morgan fingerprint density at radius 3 is 2.35 bits per heavy atom. The van der Waals surface area contributed by atoms with Crippen LogP contribution in [0.25, 0.3) is 0 Å². The van der Waals surface area contributed by atoms with Crippen molar-refractivity contribution in [2.75, 3.05) is 18.0 Å². The van der Waals surface area contributed by atoms with Gasteiger partial charge in [-0.1, -0.05) is 12.8 Å². The summed E-state index contributed by atoms with van der Waals surface area (Å²) in [4.78, 5) is 13.7. The van der Waals surface area contributed by atoms with Gasteiger partial charge in [0.1, 0.15) is 5.75 Å². The molecule has 0 bridgehead atoms. The maximum absolute atomic E-state index is 11.3. The minimum absolute atomic E-state index is 0.0856.